The van der Waals surface area contributed by atoms with Crippen LogP contribution in [-0.2, 0) is 0 Å². The Hall–Kier alpha value is -2.05. The molecular weight excluding hydrogens is 252 g/mol. The van der Waals surface area contributed by atoms with Gasteiger partial charge < -0.3 is 4.74 Å². The highest BCUT2D eigenvalue weighted by atomic mass is 19.1. The van der Waals surface area contributed by atoms with E-state index in [1.54, 1.807) is 0 Å². The number of halogens is 2. The SMILES string of the molecule is COc1ccc(F)cc1C(NN)c1ccncc1F. The van der Waals surface area contributed by atoms with Gasteiger partial charge in [-0.1, -0.05) is 0 Å². The Morgan fingerprint density at radius 3 is 2.68 bits per heavy atom. The summed E-state index contributed by atoms with van der Waals surface area (Å²) in [6, 6.07) is 4.73. The number of benzene rings is 1. The molecule has 3 N–H and O–H groups in total. The summed E-state index contributed by atoms with van der Waals surface area (Å²) >= 11 is 0. The van der Waals surface area contributed by atoms with Crippen LogP contribution in [0.3, 0.4) is 0 Å². The summed E-state index contributed by atoms with van der Waals surface area (Å²) in [6.45, 7) is 0. The third-order valence-electron chi connectivity index (χ3n) is 2.78. The fourth-order valence-corrected chi connectivity index (χ4v) is 1.90. The Kier molecular flexibility index (Phi) is 4.03. The third kappa shape index (κ3) is 2.69. The van der Waals surface area contributed by atoms with Crippen molar-refractivity contribution >= 4 is 0 Å². The molecule has 1 heterocycles. The lowest BCUT2D eigenvalue weighted by Crippen LogP contribution is -2.30. The van der Waals surface area contributed by atoms with Crippen molar-refractivity contribution in [1.29, 1.82) is 0 Å². The minimum atomic E-state index is -0.728. The molecule has 0 fully saturated rings. The van der Waals surface area contributed by atoms with Crippen LogP contribution in [0, 0.1) is 11.6 Å². The number of methoxy groups -OCH3 is 1. The first-order valence-electron chi connectivity index (χ1n) is 5.56. The van der Waals surface area contributed by atoms with Crippen molar-refractivity contribution in [2.24, 2.45) is 5.84 Å². The summed E-state index contributed by atoms with van der Waals surface area (Å²) in [5.74, 6) is 4.90. The van der Waals surface area contributed by atoms with Crippen molar-refractivity contribution in [1.82, 2.24) is 10.4 Å². The van der Waals surface area contributed by atoms with E-state index in [2.05, 4.69) is 10.4 Å². The molecule has 1 aromatic heterocycles. The van der Waals surface area contributed by atoms with Crippen molar-refractivity contribution in [2.45, 2.75) is 6.04 Å². The molecule has 6 heteroatoms. The van der Waals surface area contributed by atoms with Crippen LogP contribution in [0.5, 0.6) is 5.75 Å². The van der Waals surface area contributed by atoms with E-state index in [9.17, 15) is 8.78 Å². The van der Waals surface area contributed by atoms with Gasteiger partial charge in [-0.15, -0.1) is 0 Å². The van der Waals surface area contributed by atoms with Gasteiger partial charge >= 0.3 is 0 Å². The highest BCUT2D eigenvalue weighted by Crippen LogP contribution is 2.31. The van der Waals surface area contributed by atoms with Crippen LogP contribution in [-0.4, -0.2) is 12.1 Å². The van der Waals surface area contributed by atoms with Gasteiger partial charge in [0.2, 0.25) is 0 Å². The number of nitrogens with zero attached hydrogens (tertiary/aromatic N) is 1. The van der Waals surface area contributed by atoms with Crippen molar-refractivity contribution in [3.63, 3.8) is 0 Å². The van der Waals surface area contributed by atoms with E-state index in [1.165, 1.54) is 37.6 Å². The molecule has 0 spiro atoms. The lowest BCUT2D eigenvalue weighted by Gasteiger charge is -2.19. The molecule has 1 aromatic carbocycles. The van der Waals surface area contributed by atoms with Gasteiger partial charge in [-0.25, -0.2) is 14.2 Å². The number of rotatable bonds is 4. The summed E-state index contributed by atoms with van der Waals surface area (Å²) < 4.78 is 32.3. The summed E-state index contributed by atoms with van der Waals surface area (Å²) in [6.07, 6.45) is 2.51. The maximum Gasteiger partial charge on any atom is 0.146 e. The summed E-state index contributed by atoms with van der Waals surface area (Å²) in [5.41, 5.74) is 3.14. The van der Waals surface area contributed by atoms with E-state index < -0.39 is 17.7 Å². The first kappa shape index (κ1) is 13.4. The van der Waals surface area contributed by atoms with Crippen LogP contribution in [0.2, 0.25) is 0 Å². The summed E-state index contributed by atoms with van der Waals surface area (Å²) in [5, 5.41) is 0. The van der Waals surface area contributed by atoms with E-state index in [0.717, 1.165) is 6.20 Å². The Bertz CT molecular complexity index is 578. The largest absolute Gasteiger partial charge is 0.496 e. The number of aromatic nitrogens is 1. The fraction of sp³-hybridized carbons (Fsp3) is 0.154. The molecule has 0 amide bonds. The van der Waals surface area contributed by atoms with Crippen molar-refractivity contribution in [3.05, 3.63) is 59.4 Å². The summed E-state index contributed by atoms with van der Waals surface area (Å²) in [4.78, 5) is 3.67. The Morgan fingerprint density at radius 2 is 2.05 bits per heavy atom. The number of nitrogens with two attached hydrogens (primary N) is 1. The lowest BCUT2D eigenvalue weighted by molar-refractivity contribution is 0.401. The fourth-order valence-electron chi connectivity index (χ4n) is 1.90. The molecule has 0 aliphatic heterocycles. The third-order valence-corrected chi connectivity index (χ3v) is 2.78. The van der Waals surface area contributed by atoms with Gasteiger partial charge in [0.05, 0.1) is 19.3 Å². The number of hydrogen-bond donors (Lipinski definition) is 2. The first-order chi connectivity index (χ1) is 9.17. The molecule has 0 bridgehead atoms. The molecule has 1 atom stereocenters. The normalized spacial score (nSPS) is 12.2. The van der Waals surface area contributed by atoms with E-state index in [1.807, 2.05) is 0 Å². The monoisotopic (exact) mass is 265 g/mol. The zero-order valence-corrected chi connectivity index (χ0v) is 10.2. The molecular formula is C13H13F2N3O. The van der Waals surface area contributed by atoms with Gasteiger partial charge in [-0.05, 0) is 24.3 Å². The quantitative estimate of drug-likeness (QED) is 0.655. The van der Waals surface area contributed by atoms with Crippen LogP contribution >= 0.6 is 0 Å². The molecule has 2 rings (SSSR count). The number of ether oxygens (including phenoxy) is 1. The van der Waals surface area contributed by atoms with E-state index in [0.29, 0.717) is 11.3 Å². The van der Waals surface area contributed by atoms with Gasteiger partial charge in [0, 0.05) is 17.3 Å². The minimum absolute atomic E-state index is 0.265. The van der Waals surface area contributed by atoms with Crippen LogP contribution < -0.4 is 16.0 Å². The number of hydrogen-bond acceptors (Lipinski definition) is 4. The second kappa shape index (κ2) is 5.73. The lowest BCUT2D eigenvalue weighted by atomic mass is 9.99. The standard InChI is InChI=1S/C13H13F2N3O/c1-19-12-3-2-8(14)6-10(12)13(18-16)9-4-5-17-7-11(9)15/h2-7,13,18H,16H2,1H3. The van der Waals surface area contributed by atoms with Crippen LogP contribution in [0.1, 0.15) is 17.2 Å². The van der Waals surface area contributed by atoms with Crippen LogP contribution in [0.4, 0.5) is 8.78 Å². The zero-order valence-electron chi connectivity index (χ0n) is 10.2. The van der Waals surface area contributed by atoms with Gasteiger partial charge in [0.15, 0.2) is 0 Å². The highest BCUT2D eigenvalue weighted by Gasteiger charge is 2.20. The second-order valence-electron chi connectivity index (χ2n) is 3.88. The Morgan fingerprint density at radius 1 is 1.26 bits per heavy atom. The molecule has 100 valence electrons. The smallest absolute Gasteiger partial charge is 0.146 e. The first-order valence-corrected chi connectivity index (χ1v) is 5.56. The minimum Gasteiger partial charge on any atom is -0.496 e. The Balaban J connectivity index is 2.54. The van der Waals surface area contributed by atoms with Gasteiger partial charge in [-0.3, -0.25) is 10.8 Å². The topological polar surface area (TPSA) is 60.2 Å². The maximum absolute atomic E-state index is 13.8. The van der Waals surface area contributed by atoms with Crippen LogP contribution in [0.15, 0.2) is 36.7 Å². The van der Waals surface area contributed by atoms with E-state index >= 15 is 0 Å². The molecule has 0 aliphatic carbocycles. The number of hydrazine groups is 1. The average Bonchev–Trinajstić information content (AvgIpc) is 2.42. The molecule has 0 radical (unpaired) electrons. The molecule has 4 nitrogen and oxygen atoms in total. The van der Waals surface area contributed by atoms with Crippen molar-refractivity contribution in [3.8, 4) is 5.75 Å². The Labute approximate surface area is 109 Å². The number of pyridine rings is 1. The van der Waals surface area contributed by atoms with Crippen LogP contribution in [0.25, 0.3) is 0 Å². The molecule has 1 unspecified atom stereocenters. The predicted molar refractivity (Wildman–Crippen MR) is 66.3 cm³/mol. The van der Waals surface area contributed by atoms with E-state index in [-0.39, 0.29) is 5.56 Å². The second-order valence-corrected chi connectivity index (χ2v) is 3.88. The summed E-state index contributed by atoms with van der Waals surface area (Å²) in [7, 11) is 1.45. The van der Waals surface area contributed by atoms with Gasteiger partial charge in [-0.2, -0.15) is 0 Å². The average molecular weight is 265 g/mol. The zero-order chi connectivity index (χ0) is 13.8. The van der Waals surface area contributed by atoms with Crippen molar-refractivity contribution in [2.75, 3.05) is 7.11 Å². The molecule has 0 saturated carbocycles. The van der Waals surface area contributed by atoms with Crippen molar-refractivity contribution < 1.29 is 13.5 Å². The van der Waals surface area contributed by atoms with Gasteiger partial charge in [0.25, 0.3) is 0 Å². The highest BCUT2D eigenvalue weighted by molar-refractivity contribution is 5.41. The van der Waals surface area contributed by atoms with E-state index in [4.69, 9.17) is 10.6 Å². The molecule has 0 saturated heterocycles. The predicted octanol–water partition coefficient (Wildman–Crippen LogP) is 1.92. The molecule has 19 heavy (non-hydrogen) atoms. The maximum atomic E-state index is 13.8. The molecule has 0 aliphatic rings. The van der Waals surface area contributed by atoms with Gasteiger partial charge in [0.1, 0.15) is 17.4 Å². The molecule has 2 aromatic rings. The number of nitrogens with one attached hydrogen (secondary N) is 1.